The van der Waals surface area contributed by atoms with Crippen LogP contribution in [-0.4, -0.2) is 37.3 Å². The summed E-state index contributed by atoms with van der Waals surface area (Å²) in [6, 6.07) is 10.6. The van der Waals surface area contributed by atoms with E-state index in [1.165, 1.54) is 35.0 Å². The van der Waals surface area contributed by atoms with E-state index in [0.717, 1.165) is 23.9 Å². The van der Waals surface area contributed by atoms with Gasteiger partial charge in [0.25, 0.3) is 11.8 Å². The van der Waals surface area contributed by atoms with Crippen molar-refractivity contribution in [2.75, 3.05) is 0 Å². The molecule has 0 unspecified atom stereocenters. The lowest BCUT2D eigenvalue weighted by Gasteiger charge is -2.12. The first-order valence-corrected chi connectivity index (χ1v) is 8.89. The third-order valence-corrected chi connectivity index (χ3v) is 4.58. The zero-order valence-corrected chi connectivity index (χ0v) is 15.3. The van der Waals surface area contributed by atoms with Crippen LogP contribution in [0.3, 0.4) is 0 Å². The molecule has 2 amide bonds. The summed E-state index contributed by atoms with van der Waals surface area (Å²) in [4.78, 5) is 24.2. The van der Waals surface area contributed by atoms with Crippen LogP contribution in [-0.2, 0) is 4.79 Å². The molecule has 144 valence electrons. The van der Waals surface area contributed by atoms with Gasteiger partial charge in [-0.15, -0.1) is 5.10 Å². The molecule has 2 aromatic carbocycles. The van der Waals surface area contributed by atoms with Crippen molar-refractivity contribution in [2.45, 2.75) is 17.3 Å². The molecular formula is C17H14F2N6O2S. The highest BCUT2D eigenvalue weighted by molar-refractivity contribution is 8.00. The number of tetrazole rings is 1. The van der Waals surface area contributed by atoms with Crippen LogP contribution in [0.25, 0.3) is 5.69 Å². The highest BCUT2D eigenvalue weighted by atomic mass is 32.2. The van der Waals surface area contributed by atoms with Crippen LogP contribution in [0, 0.1) is 11.6 Å². The molecule has 11 heteroatoms. The standard InChI is InChI=1S/C17H14F2N6O2S/c1-10(15(26)20-21-16(27)11-5-7-12(18)8-6-11)28-17-22-23-24-25(17)14-4-2-3-13(19)9-14/h2-10H,1H3,(H,20,26)(H,21,27)/t10-/m0/s1. The van der Waals surface area contributed by atoms with Crippen molar-refractivity contribution in [3.8, 4) is 5.69 Å². The summed E-state index contributed by atoms with van der Waals surface area (Å²) in [5, 5.41) is 10.8. The number of rotatable bonds is 5. The first-order valence-electron chi connectivity index (χ1n) is 8.01. The molecule has 0 aliphatic carbocycles. The van der Waals surface area contributed by atoms with Gasteiger partial charge in [-0.25, -0.2) is 8.78 Å². The number of nitrogens with one attached hydrogen (secondary N) is 2. The molecule has 2 N–H and O–H groups in total. The Labute approximate surface area is 162 Å². The van der Waals surface area contributed by atoms with Gasteiger partial charge in [-0.2, -0.15) is 4.68 Å². The predicted molar refractivity (Wildman–Crippen MR) is 96.4 cm³/mol. The van der Waals surface area contributed by atoms with E-state index in [-0.39, 0.29) is 10.7 Å². The highest BCUT2D eigenvalue weighted by Gasteiger charge is 2.20. The molecule has 8 nitrogen and oxygen atoms in total. The van der Waals surface area contributed by atoms with E-state index in [1.807, 2.05) is 0 Å². The van der Waals surface area contributed by atoms with Crippen molar-refractivity contribution in [2.24, 2.45) is 0 Å². The lowest BCUT2D eigenvalue weighted by atomic mass is 10.2. The number of thioether (sulfide) groups is 1. The number of carbonyl (C=O) groups excluding carboxylic acids is 2. The molecule has 3 rings (SSSR count). The van der Waals surface area contributed by atoms with Crippen molar-refractivity contribution in [1.29, 1.82) is 0 Å². The quantitative estimate of drug-likeness (QED) is 0.497. The average molecular weight is 404 g/mol. The third kappa shape index (κ3) is 4.68. The van der Waals surface area contributed by atoms with Gasteiger partial charge in [0.2, 0.25) is 5.16 Å². The molecule has 1 atom stereocenters. The fourth-order valence-electron chi connectivity index (χ4n) is 2.13. The summed E-state index contributed by atoms with van der Waals surface area (Å²) in [6.07, 6.45) is 0. The van der Waals surface area contributed by atoms with Crippen LogP contribution in [0.4, 0.5) is 8.78 Å². The first-order chi connectivity index (χ1) is 13.4. The predicted octanol–water partition coefficient (Wildman–Crippen LogP) is 1.88. The molecule has 0 aliphatic heterocycles. The lowest BCUT2D eigenvalue weighted by molar-refractivity contribution is -0.121. The Morgan fingerprint density at radius 1 is 1.07 bits per heavy atom. The van der Waals surface area contributed by atoms with E-state index < -0.39 is 28.7 Å². The minimum absolute atomic E-state index is 0.192. The first kappa shape index (κ1) is 19.4. The normalized spacial score (nSPS) is 11.7. The number of benzene rings is 2. The fraction of sp³-hybridized carbons (Fsp3) is 0.118. The van der Waals surface area contributed by atoms with Gasteiger partial charge >= 0.3 is 0 Å². The topological polar surface area (TPSA) is 102 Å². The Kier molecular flexibility index (Phi) is 5.94. The molecule has 0 saturated carbocycles. The minimum Gasteiger partial charge on any atom is -0.272 e. The van der Waals surface area contributed by atoms with Crippen LogP contribution in [0.15, 0.2) is 53.7 Å². The van der Waals surface area contributed by atoms with Gasteiger partial charge in [0.1, 0.15) is 11.6 Å². The van der Waals surface area contributed by atoms with Crippen molar-refractivity contribution >= 4 is 23.6 Å². The number of hydrazine groups is 1. The molecule has 0 aliphatic rings. The number of carbonyl (C=O) groups is 2. The lowest BCUT2D eigenvalue weighted by Crippen LogP contribution is -2.45. The van der Waals surface area contributed by atoms with E-state index in [9.17, 15) is 18.4 Å². The maximum absolute atomic E-state index is 13.4. The van der Waals surface area contributed by atoms with Crippen LogP contribution in [0.5, 0.6) is 0 Å². The van der Waals surface area contributed by atoms with Gasteiger partial charge in [-0.3, -0.25) is 20.4 Å². The maximum atomic E-state index is 13.4. The van der Waals surface area contributed by atoms with Crippen LogP contribution >= 0.6 is 11.8 Å². The molecule has 3 aromatic rings. The van der Waals surface area contributed by atoms with Crippen molar-refractivity contribution in [1.82, 2.24) is 31.1 Å². The highest BCUT2D eigenvalue weighted by Crippen LogP contribution is 2.23. The van der Waals surface area contributed by atoms with E-state index >= 15 is 0 Å². The molecular weight excluding hydrogens is 390 g/mol. The van der Waals surface area contributed by atoms with Gasteiger partial charge in [-0.05, 0) is 59.8 Å². The Morgan fingerprint density at radius 3 is 2.54 bits per heavy atom. The van der Waals surface area contributed by atoms with Crippen molar-refractivity contribution in [3.05, 3.63) is 65.7 Å². The van der Waals surface area contributed by atoms with Crippen LogP contribution < -0.4 is 10.9 Å². The summed E-state index contributed by atoms with van der Waals surface area (Å²) in [6.45, 7) is 1.59. The van der Waals surface area contributed by atoms with E-state index in [2.05, 4.69) is 26.4 Å². The summed E-state index contributed by atoms with van der Waals surface area (Å²) >= 11 is 1.03. The molecule has 0 bridgehead atoms. The molecule has 0 saturated heterocycles. The Balaban J connectivity index is 1.60. The molecule has 0 radical (unpaired) electrons. The number of hydrogen-bond donors (Lipinski definition) is 2. The molecule has 1 heterocycles. The second-order valence-corrected chi connectivity index (χ2v) is 6.87. The van der Waals surface area contributed by atoms with Crippen molar-refractivity contribution < 1.29 is 18.4 Å². The van der Waals surface area contributed by atoms with Crippen molar-refractivity contribution in [3.63, 3.8) is 0 Å². The fourth-order valence-corrected chi connectivity index (χ4v) is 2.93. The summed E-state index contributed by atoms with van der Waals surface area (Å²) in [7, 11) is 0. The average Bonchev–Trinajstić information content (AvgIpc) is 3.14. The second kappa shape index (κ2) is 8.57. The van der Waals surface area contributed by atoms with Gasteiger partial charge in [0, 0.05) is 5.56 Å². The Morgan fingerprint density at radius 2 is 1.82 bits per heavy atom. The molecule has 1 aromatic heterocycles. The molecule has 28 heavy (non-hydrogen) atoms. The van der Waals surface area contributed by atoms with Crippen LogP contribution in [0.2, 0.25) is 0 Å². The second-order valence-electron chi connectivity index (χ2n) is 5.56. The summed E-state index contributed by atoms with van der Waals surface area (Å²) < 4.78 is 27.6. The SMILES string of the molecule is C[C@H](Sc1nnnn1-c1cccc(F)c1)C(=O)NNC(=O)c1ccc(F)cc1. The largest absolute Gasteiger partial charge is 0.272 e. The van der Waals surface area contributed by atoms with Gasteiger partial charge in [-0.1, -0.05) is 17.8 Å². The monoisotopic (exact) mass is 404 g/mol. The maximum Gasteiger partial charge on any atom is 0.269 e. The Hall–Kier alpha value is -3.34. The number of aromatic nitrogens is 4. The number of nitrogens with zero attached hydrogens (tertiary/aromatic N) is 4. The number of amides is 2. The zero-order valence-electron chi connectivity index (χ0n) is 14.5. The minimum atomic E-state index is -0.674. The molecule has 0 fully saturated rings. The van der Waals surface area contributed by atoms with Gasteiger partial charge < -0.3 is 0 Å². The number of halogens is 2. The summed E-state index contributed by atoms with van der Waals surface area (Å²) in [5.74, 6) is -2.01. The van der Waals surface area contributed by atoms with E-state index in [4.69, 9.17) is 0 Å². The third-order valence-electron chi connectivity index (χ3n) is 3.55. The van der Waals surface area contributed by atoms with E-state index in [0.29, 0.717) is 5.69 Å². The van der Waals surface area contributed by atoms with Gasteiger partial charge in [0.05, 0.1) is 10.9 Å². The summed E-state index contributed by atoms with van der Waals surface area (Å²) in [5.41, 5.74) is 5.13. The van der Waals surface area contributed by atoms with Gasteiger partial charge in [0.15, 0.2) is 0 Å². The van der Waals surface area contributed by atoms with Crippen LogP contribution in [0.1, 0.15) is 17.3 Å². The smallest absolute Gasteiger partial charge is 0.269 e. The zero-order chi connectivity index (χ0) is 20.1. The molecule has 0 spiro atoms. The number of hydrogen-bond acceptors (Lipinski definition) is 6. The van der Waals surface area contributed by atoms with E-state index in [1.54, 1.807) is 13.0 Å². The Bertz CT molecular complexity index is 995.